The van der Waals surface area contributed by atoms with Crippen LogP contribution < -0.4 is 0 Å². The van der Waals surface area contributed by atoms with Crippen LogP contribution in [0.4, 0.5) is 0 Å². The zero-order valence-electron chi connectivity index (χ0n) is 10.5. The summed E-state index contributed by atoms with van der Waals surface area (Å²) in [5, 5.41) is 0. The highest BCUT2D eigenvalue weighted by molar-refractivity contribution is 6.16. The SMILES string of the molecule is CCOC(=O)C1=COC2(OCCO2)c2ccccc21. The molecule has 0 aromatic heterocycles. The zero-order valence-corrected chi connectivity index (χ0v) is 10.5. The van der Waals surface area contributed by atoms with Gasteiger partial charge in [0.2, 0.25) is 0 Å². The predicted octanol–water partition coefficient (Wildman–Crippen LogP) is 1.78. The molecule has 0 amide bonds. The van der Waals surface area contributed by atoms with Crippen LogP contribution in [-0.2, 0) is 29.7 Å². The van der Waals surface area contributed by atoms with E-state index in [0.29, 0.717) is 36.5 Å². The summed E-state index contributed by atoms with van der Waals surface area (Å²) >= 11 is 0. The molecule has 5 heteroatoms. The van der Waals surface area contributed by atoms with Crippen molar-refractivity contribution in [1.29, 1.82) is 0 Å². The van der Waals surface area contributed by atoms with Crippen molar-refractivity contribution in [3.63, 3.8) is 0 Å². The molecule has 1 aromatic rings. The van der Waals surface area contributed by atoms with E-state index in [0.717, 1.165) is 0 Å². The van der Waals surface area contributed by atoms with E-state index in [1.807, 2.05) is 24.3 Å². The minimum atomic E-state index is -1.22. The maximum atomic E-state index is 11.9. The second-order valence-electron chi connectivity index (χ2n) is 4.17. The maximum Gasteiger partial charge on any atom is 0.356 e. The van der Waals surface area contributed by atoms with Gasteiger partial charge in [-0.25, -0.2) is 4.79 Å². The first-order valence-electron chi connectivity index (χ1n) is 6.20. The lowest BCUT2D eigenvalue weighted by atomic mass is 9.97. The van der Waals surface area contributed by atoms with Crippen molar-refractivity contribution >= 4 is 11.5 Å². The molecule has 0 bridgehead atoms. The molecule has 1 spiro atoms. The van der Waals surface area contributed by atoms with Crippen LogP contribution in [0.15, 0.2) is 30.5 Å². The summed E-state index contributed by atoms with van der Waals surface area (Å²) in [5.74, 6) is -1.63. The van der Waals surface area contributed by atoms with Crippen LogP contribution in [0.3, 0.4) is 0 Å². The number of ether oxygens (including phenoxy) is 4. The van der Waals surface area contributed by atoms with Crippen molar-refractivity contribution in [2.45, 2.75) is 12.9 Å². The van der Waals surface area contributed by atoms with Crippen LogP contribution in [0.1, 0.15) is 18.1 Å². The fourth-order valence-electron chi connectivity index (χ4n) is 2.23. The Morgan fingerprint density at radius 1 is 1.32 bits per heavy atom. The number of carbonyl (C=O) groups excluding carboxylic acids is 1. The number of carbonyl (C=O) groups is 1. The lowest BCUT2D eigenvalue weighted by Crippen LogP contribution is -2.33. The van der Waals surface area contributed by atoms with Gasteiger partial charge in [0.15, 0.2) is 0 Å². The molecule has 2 aliphatic heterocycles. The van der Waals surface area contributed by atoms with Crippen molar-refractivity contribution in [3.8, 4) is 0 Å². The Hall–Kier alpha value is -1.85. The van der Waals surface area contributed by atoms with E-state index in [1.165, 1.54) is 6.26 Å². The molecule has 0 saturated carbocycles. The summed E-state index contributed by atoms with van der Waals surface area (Å²) in [6, 6.07) is 7.35. The van der Waals surface area contributed by atoms with Gasteiger partial charge in [0.05, 0.1) is 25.4 Å². The monoisotopic (exact) mass is 262 g/mol. The first kappa shape index (κ1) is 12.2. The van der Waals surface area contributed by atoms with Gasteiger partial charge in [0, 0.05) is 5.56 Å². The summed E-state index contributed by atoms with van der Waals surface area (Å²) in [4.78, 5) is 11.9. The summed E-state index contributed by atoms with van der Waals surface area (Å²) in [5.41, 5.74) is 1.79. The molecule has 1 aromatic carbocycles. The van der Waals surface area contributed by atoms with Crippen LogP contribution in [0.5, 0.6) is 0 Å². The number of fused-ring (bicyclic) bond motifs is 2. The highest BCUT2D eigenvalue weighted by atomic mass is 16.9. The van der Waals surface area contributed by atoms with Crippen molar-refractivity contribution < 1.29 is 23.7 Å². The smallest absolute Gasteiger partial charge is 0.356 e. The fraction of sp³-hybridized carbons (Fsp3) is 0.357. The standard InChI is InChI=1S/C14H14O5/c1-2-16-13(15)11-9-19-14(17-7-8-18-14)12-6-4-3-5-10(11)12/h3-6,9H,2,7-8H2,1H3. The average Bonchev–Trinajstić information content (AvgIpc) is 2.89. The molecule has 19 heavy (non-hydrogen) atoms. The van der Waals surface area contributed by atoms with Crippen LogP contribution in [0.2, 0.25) is 0 Å². The van der Waals surface area contributed by atoms with Gasteiger partial charge >= 0.3 is 11.9 Å². The first-order chi connectivity index (χ1) is 9.27. The zero-order chi connectivity index (χ0) is 13.3. The van der Waals surface area contributed by atoms with E-state index in [-0.39, 0.29) is 0 Å². The number of rotatable bonds is 2. The molecule has 0 unspecified atom stereocenters. The van der Waals surface area contributed by atoms with E-state index in [9.17, 15) is 4.79 Å². The normalized spacial score (nSPS) is 19.5. The van der Waals surface area contributed by atoms with Gasteiger partial charge in [-0.05, 0) is 13.0 Å². The Morgan fingerprint density at radius 3 is 2.79 bits per heavy atom. The molecular weight excluding hydrogens is 248 g/mol. The molecule has 0 aliphatic carbocycles. The molecule has 3 rings (SSSR count). The van der Waals surface area contributed by atoms with Crippen molar-refractivity contribution in [2.75, 3.05) is 19.8 Å². The third kappa shape index (κ3) is 1.91. The highest BCUT2D eigenvalue weighted by Crippen LogP contribution is 2.41. The van der Waals surface area contributed by atoms with Crippen LogP contribution >= 0.6 is 0 Å². The Labute approximate surface area is 110 Å². The van der Waals surface area contributed by atoms with Gasteiger partial charge in [-0.2, -0.15) is 0 Å². The molecule has 1 saturated heterocycles. The quantitative estimate of drug-likeness (QED) is 0.760. The van der Waals surface area contributed by atoms with Gasteiger partial charge in [-0.15, -0.1) is 0 Å². The molecule has 0 radical (unpaired) electrons. The summed E-state index contributed by atoms with van der Waals surface area (Å²) in [6.07, 6.45) is 1.35. The Kier molecular flexibility index (Phi) is 3.00. The lowest BCUT2D eigenvalue weighted by Gasteiger charge is -2.31. The first-order valence-corrected chi connectivity index (χ1v) is 6.20. The second-order valence-corrected chi connectivity index (χ2v) is 4.17. The molecule has 2 aliphatic rings. The Bertz CT molecular complexity index is 528. The highest BCUT2D eigenvalue weighted by Gasteiger charge is 2.46. The maximum absolute atomic E-state index is 11.9. The number of hydrogen-bond donors (Lipinski definition) is 0. The number of esters is 1. The van der Waals surface area contributed by atoms with Crippen molar-refractivity contribution in [1.82, 2.24) is 0 Å². The number of benzene rings is 1. The molecule has 1 fully saturated rings. The largest absolute Gasteiger partial charge is 0.462 e. The van der Waals surface area contributed by atoms with Gasteiger partial charge in [0.1, 0.15) is 11.8 Å². The summed E-state index contributed by atoms with van der Waals surface area (Å²) < 4.78 is 21.7. The molecule has 5 nitrogen and oxygen atoms in total. The van der Waals surface area contributed by atoms with Gasteiger partial charge < -0.3 is 18.9 Å². The number of hydrogen-bond acceptors (Lipinski definition) is 5. The average molecular weight is 262 g/mol. The van der Waals surface area contributed by atoms with E-state index < -0.39 is 11.9 Å². The molecule has 100 valence electrons. The minimum absolute atomic E-state index is 0.316. The fourth-order valence-corrected chi connectivity index (χ4v) is 2.23. The Morgan fingerprint density at radius 2 is 2.05 bits per heavy atom. The molecular formula is C14H14O5. The second kappa shape index (κ2) is 4.68. The van der Waals surface area contributed by atoms with Gasteiger partial charge in [-0.3, -0.25) is 0 Å². The predicted molar refractivity (Wildman–Crippen MR) is 65.7 cm³/mol. The topological polar surface area (TPSA) is 54.0 Å². The summed E-state index contributed by atoms with van der Waals surface area (Å²) in [7, 11) is 0. The van der Waals surface area contributed by atoms with Crippen LogP contribution in [-0.4, -0.2) is 25.8 Å². The Balaban J connectivity index is 2.04. The third-order valence-corrected chi connectivity index (χ3v) is 3.04. The molecule has 2 heterocycles. The van der Waals surface area contributed by atoms with E-state index in [2.05, 4.69) is 0 Å². The van der Waals surface area contributed by atoms with E-state index in [4.69, 9.17) is 18.9 Å². The summed E-state index contributed by atoms with van der Waals surface area (Å²) in [6.45, 7) is 2.99. The van der Waals surface area contributed by atoms with Crippen LogP contribution in [0.25, 0.3) is 5.57 Å². The molecule has 0 N–H and O–H groups in total. The third-order valence-electron chi connectivity index (χ3n) is 3.04. The van der Waals surface area contributed by atoms with Crippen molar-refractivity contribution in [3.05, 3.63) is 41.7 Å². The van der Waals surface area contributed by atoms with E-state index >= 15 is 0 Å². The molecule has 0 atom stereocenters. The van der Waals surface area contributed by atoms with E-state index in [1.54, 1.807) is 6.92 Å². The van der Waals surface area contributed by atoms with Crippen LogP contribution in [0, 0.1) is 0 Å². The lowest BCUT2D eigenvalue weighted by molar-refractivity contribution is -0.320. The van der Waals surface area contributed by atoms with Gasteiger partial charge in [0.25, 0.3) is 0 Å². The van der Waals surface area contributed by atoms with Gasteiger partial charge in [-0.1, -0.05) is 18.2 Å². The van der Waals surface area contributed by atoms with Crippen molar-refractivity contribution in [2.24, 2.45) is 0 Å². The minimum Gasteiger partial charge on any atom is -0.462 e.